The minimum atomic E-state index is -0.761. The molecule has 44 heavy (non-hydrogen) atoms. The first-order valence-electron chi connectivity index (χ1n) is 13.7. The Labute approximate surface area is 263 Å². The van der Waals surface area contributed by atoms with Crippen LogP contribution in [0.5, 0.6) is 0 Å². The van der Waals surface area contributed by atoms with Gasteiger partial charge in [-0.3, -0.25) is 14.4 Å². The molecule has 0 aliphatic heterocycles. The molecule has 0 fully saturated rings. The van der Waals surface area contributed by atoms with Gasteiger partial charge in [-0.2, -0.15) is 20.0 Å². The Kier molecular flexibility index (Phi) is 8.90. The van der Waals surface area contributed by atoms with Crippen molar-refractivity contribution in [1.29, 1.82) is 0 Å². The molecule has 5 aromatic rings. The number of carbonyl (C=O) groups excluding carboxylic acids is 2. The Bertz CT molecular complexity index is 1950. The van der Waals surface area contributed by atoms with Crippen molar-refractivity contribution >= 4 is 40.4 Å². The van der Waals surface area contributed by atoms with E-state index >= 15 is 0 Å². The van der Waals surface area contributed by atoms with Gasteiger partial charge in [0, 0.05) is 46.3 Å². The molecule has 0 bridgehead atoms. The van der Waals surface area contributed by atoms with Crippen LogP contribution in [0.1, 0.15) is 51.9 Å². The van der Waals surface area contributed by atoms with Gasteiger partial charge in [-0.1, -0.05) is 62.4 Å². The summed E-state index contributed by atoms with van der Waals surface area (Å²) in [6, 6.07) is 18.1. The molecule has 0 amide bonds. The zero-order chi connectivity index (χ0) is 31.4. The lowest BCUT2D eigenvalue weighted by Crippen LogP contribution is -2.31. The molecule has 0 radical (unpaired) electrons. The van der Waals surface area contributed by atoms with Gasteiger partial charge in [0.05, 0.1) is 35.4 Å². The Morgan fingerprint density at radius 3 is 2.45 bits per heavy atom. The third kappa shape index (κ3) is 6.86. The number of hydrogen-bond donors (Lipinski definition) is 0. The molecule has 1 aromatic carbocycles. The molecule has 222 valence electrons. The monoisotopic (exact) mass is 624 g/mol. The summed E-state index contributed by atoms with van der Waals surface area (Å²) in [7, 11) is 1.85. The summed E-state index contributed by atoms with van der Waals surface area (Å²) in [5.41, 5.74) is 0.746. The summed E-state index contributed by atoms with van der Waals surface area (Å²) < 4.78 is 3.31. The molecule has 0 aliphatic rings. The lowest BCUT2D eigenvalue weighted by atomic mass is 9.96. The van der Waals surface area contributed by atoms with Crippen LogP contribution in [0.3, 0.4) is 0 Å². The number of carbonyl (C=O) groups is 2. The van der Waals surface area contributed by atoms with Gasteiger partial charge in [0.2, 0.25) is 0 Å². The number of benzene rings is 1. The number of thiophene rings is 1. The van der Waals surface area contributed by atoms with Crippen LogP contribution in [0, 0.1) is 17.3 Å². The second-order valence-electron chi connectivity index (χ2n) is 11.1. The van der Waals surface area contributed by atoms with Crippen molar-refractivity contribution in [1.82, 2.24) is 24.5 Å². The SMILES string of the molecule is CN(Cc1ccc(Cl)s1)c1cc(-c2c(C#Cc3ccccc3)ccn(CC(=O)c3ccnnc3)c2=O)nn1C(=O)C(C)(C)C. The average Bonchev–Trinajstić information content (AvgIpc) is 3.63. The van der Waals surface area contributed by atoms with Gasteiger partial charge in [0.1, 0.15) is 11.5 Å². The Morgan fingerprint density at radius 1 is 1.02 bits per heavy atom. The van der Waals surface area contributed by atoms with Gasteiger partial charge >= 0.3 is 0 Å². The maximum atomic E-state index is 14.1. The minimum Gasteiger partial charge on any atom is -0.354 e. The fourth-order valence-corrected chi connectivity index (χ4v) is 5.54. The minimum absolute atomic E-state index is 0.186. The van der Waals surface area contributed by atoms with Crippen molar-refractivity contribution in [3.05, 3.63) is 116 Å². The largest absolute Gasteiger partial charge is 0.354 e. The first-order valence-corrected chi connectivity index (χ1v) is 14.9. The topological polar surface area (TPSA) is 103 Å². The van der Waals surface area contributed by atoms with Crippen LogP contribution in [0.15, 0.2) is 84.0 Å². The summed E-state index contributed by atoms with van der Waals surface area (Å²) in [6.45, 7) is 5.67. The summed E-state index contributed by atoms with van der Waals surface area (Å²) in [6.07, 6.45) is 4.32. The molecule has 4 heterocycles. The number of aromatic nitrogens is 5. The van der Waals surface area contributed by atoms with Crippen molar-refractivity contribution in [2.24, 2.45) is 5.41 Å². The third-order valence-electron chi connectivity index (χ3n) is 6.69. The number of hydrogen-bond acceptors (Lipinski definition) is 8. The molecule has 5 rings (SSSR count). The fourth-order valence-electron chi connectivity index (χ4n) is 4.40. The van der Waals surface area contributed by atoms with Crippen molar-refractivity contribution in [3.8, 4) is 23.1 Å². The number of Topliss-reactive ketones (excluding diaryl/α,β-unsaturated/α-hetero) is 1. The number of rotatable bonds is 7. The zero-order valence-electron chi connectivity index (χ0n) is 24.6. The summed E-state index contributed by atoms with van der Waals surface area (Å²) in [4.78, 5) is 43.6. The Balaban J connectivity index is 1.65. The van der Waals surface area contributed by atoms with Crippen molar-refractivity contribution in [2.45, 2.75) is 33.9 Å². The van der Waals surface area contributed by atoms with Crippen LogP contribution < -0.4 is 10.5 Å². The van der Waals surface area contributed by atoms with E-state index < -0.39 is 11.0 Å². The molecule has 0 aliphatic carbocycles. The fraction of sp³-hybridized carbons (Fsp3) is 0.212. The molecule has 0 atom stereocenters. The molecular weight excluding hydrogens is 596 g/mol. The molecule has 0 spiro atoms. The molecule has 0 N–H and O–H groups in total. The van der Waals surface area contributed by atoms with Crippen LogP contribution in [-0.4, -0.2) is 43.3 Å². The van der Waals surface area contributed by atoms with E-state index in [-0.39, 0.29) is 29.5 Å². The van der Waals surface area contributed by atoms with Crippen molar-refractivity contribution in [3.63, 3.8) is 0 Å². The molecule has 0 saturated carbocycles. The highest BCUT2D eigenvalue weighted by Gasteiger charge is 2.29. The molecular formula is C33H29ClN6O3S. The summed E-state index contributed by atoms with van der Waals surface area (Å²) >= 11 is 7.61. The maximum Gasteiger partial charge on any atom is 0.261 e. The summed E-state index contributed by atoms with van der Waals surface area (Å²) in [5, 5.41) is 12.2. The second kappa shape index (κ2) is 12.8. The molecule has 0 saturated heterocycles. The van der Waals surface area contributed by atoms with Crippen LogP contribution in [0.25, 0.3) is 11.3 Å². The van der Waals surface area contributed by atoms with Gasteiger partial charge in [-0.05, 0) is 36.4 Å². The number of ketones is 1. The second-order valence-corrected chi connectivity index (χ2v) is 12.9. The van der Waals surface area contributed by atoms with Crippen molar-refractivity contribution in [2.75, 3.05) is 11.9 Å². The number of halogens is 1. The van der Waals surface area contributed by atoms with E-state index in [4.69, 9.17) is 11.6 Å². The number of pyridine rings is 1. The maximum absolute atomic E-state index is 14.1. The van der Waals surface area contributed by atoms with E-state index in [1.807, 2.05) is 75.2 Å². The average molecular weight is 625 g/mol. The van der Waals surface area contributed by atoms with Crippen molar-refractivity contribution < 1.29 is 9.59 Å². The van der Waals surface area contributed by atoms with Gasteiger partial charge in [-0.25, -0.2) is 0 Å². The third-order valence-corrected chi connectivity index (χ3v) is 7.91. The van der Waals surface area contributed by atoms with E-state index in [2.05, 4.69) is 27.1 Å². The standard InChI is InChI=1S/C33H29ClN6O3S/c1-33(2,3)32(43)40-29(38(4)20-25-12-13-28(34)44-25)18-26(37-40)30-23(11-10-22-8-6-5-7-9-22)15-17-39(31(30)42)21-27(41)24-14-16-35-36-19-24/h5-9,12-19H,20-21H2,1-4H3. The van der Waals surface area contributed by atoms with E-state index in [1.54, 1.807) is 18.2 Å². The van der Waals surface area contributed by atoms with E-state index in [1.165, 1.54) is 39.2 Å². The Morgan fingerprint density at radius 2 is 1.80 bits per heavy atom. The van der Waals surface area contributed by atoms with Crippen LogP contribution in [-0.2, 0) is 13.1 Å². The van der Waals surface area contributed by atoms with Crippen LogP contribution in [0.2, 0.25) is 4.34 Å². The quantitative estimate of drug-likeness (QED) is 0.166. The Hall–Kier alpha value is -4.85. The highest BCUT2D eigenvalue weighted by Crippen LogP contribution is 2.30. The van der Waals surface area contributed by atoms with Crippen LogP contribution >= 0.6 is 22.9 Å². The molecule has 0 unspecified atom stereocenters. The van der Waals surface area contributed by atoms with Gasteiger partial charge < -0.3 is 9.47 Å². The molecule has 9 nitrogen and oxygen atoms in total. The van der Waals surface area contributed by atoms with Crippen LogP contribution in [0.4, 0.5) is 5.82 Å². The molecule has 4 aromatic heterocycles. The smallest absolute Gasteiger partial charge is 0.261 e. The summed E-state index contributed by atoms with van der Waals surface area (Å²) in [5.74, 6) is 6.17. The van der Waals surface area contributed by atoms with Gasteiger partial charge in [0.15, 0.2) is 5.78 Å². The molecule has 11 heteroatoms. The normalized spacial score (nSPS) is 11.1. The van der Waals surface area contributed by atoms with E-state index in [0.29, 0.717) is 27.8 Å². The number of nitrogens with zero attached hydrogens (tertiary/aromatic N) is 6. The van der Waals surface area contributed by atoms with Gasteiger partial charge in [0.25, 0.3) is 11.5 Å². The van der Waals surface area contributed by atoms with Gasteiger partial charge in [-0.15, -0.1) is 11.3 Å². The van der Waals surface area contributed by atoms with E-state index in [0.717, 1.165) is 10.4 Å². The lowest BCUT2D eigenvalue weighted by Gasteiger charge is -2.22. The first-order chi connectivity index (χ1) is 21.0. The highest BCUT2D eigenvalue weighted by atomic mass is 35.5. The zero-order valence-corrected chi connectivity index (χ0v) is 26.2. The lowest BCUT2D eigenvalue weighted by molar-refractivity contribution is 0.0751. The number of anilines is 1. The predicted octanol–water partition coefficient (Wildman–Crippen LogP) is 5.82. The highest BCUT2D eigenvalue weighted by molar-refractivity contribution is 7.16. The van der Waals surface area contributed by atoms with E-state index in [9.17, 15) is 14.4 Å². The first kappa shape index (κ1) is 30.6. The predicted molar refractivity (Wildman–Crippen MR) is 172 cm³/mol.